The van der Waals surface area contributed by atoms with E-state index in [1.54, 1.807) is 49.4 Å². The first kappa shape index (κ1) is 19.9. The molecule has 9 nitrogen and oxygen atoms in total. The summed E-state index contributed by atoms with van der Waals surface area (Å²) in [5.41, 5.74) is -0.402. The Hall–Kier alpha value is -3.88. The summed E-state index contributed by atoms with van der Waals surface area (Å²) >= 11 is 0. The minimum Gasteiger partial charge on any atom is -0.493 e. The largest absolute Gasteiger partial charge is 0.493 e. The molecule has 0 aliphatic heterocycles. The van der Waals surface area contributed by atoms with Crippen molar-refractivity contribution in [2.75, 3.05) is 20.3 Å². The molecule has 0 bridgehead atoms. The highest BCUT2D eigenvalue weighted by Gasteiger charge is 2.13. The van der Waals surface area contributed by atoms with Gasteiger partial charge in [0.1, 0.15) is 0 Å². The highest BCUT2D eigenvalue weighted by Crippen LogP contribution is 2.30. The lowest BCUT2D eigenvalue weighted by atomic mass is 10.2. The lowest BCUT2D eigenvalue weighted by molar-refractivity contribution is -0.145. The Morgan fingerprint density at radius 2 is 1.97 bits per heavy atom. The third kappa shape index (κ3) is 4.34. The van der Waals surface area contributed by atoms with Crippen molar-refractivity contribution in [1.82, 2.24) is 9.66 Å². The summed E-state index contributed by atoms with van der Waals surface area (Å²) in [5.74, 6) is 0.0542. The lowest BCUT2D eigenvalue weighted by Gasteiger charge is -2.12. The number of hydrogen-bond acceptors (Lipinski definition) is 7. The average Bonchev–Trinajstić information content (AvgIpc) is 2.72. The van der Waals surface area contributed by atoms with Gasteiger partial charge in [-0.05, 0) is 31.2 Å². The summed E-state index contributed by atoms with van der Waals surface area (Å²) in [4.78, 5) is 39.0. The van der Waals surface area contributed by atoms with Crippen LogP contribution < -0.4 is 20.7 Å². The first-order valence-corrected chi connectivity index (χ1v) is 8.79. The number of ether oxygens (including phenoxy) is 3. The van der Waals surface area contributed by atoms with E-state index in [1.807, 2.05) is 0 Å². The molecule has 1 aromatic heterocycles. The number of nitrogens with zero attached hydrogens (tertiary/aromatic N) is 2. The molecule has 1 heterocycles. The fraction of sp³-hybridized carbons (Fsp3) is 0.200. The standard InChI is InChI=1S/C20H19N3O6/c1-3-28-17(24)12-29-18-13(7-6-10-16(18)27-2)11-21-23-19(25)14-8-4-5-9-15(14)22-20(23)26/h4-11H,3,12H2,1-2H3,(H,22,26). The molecule has 0 amide bonds. The van der Waals surface area contributed by atoms with Crippen molar-refractivity contribution in [3.63, 3.8) is 0 Å². The first-order chi connectivity index (χ1) is 14.0. The van der Waals surface area contributed by atoms with Gasteiger partial charge in [0.2, 0.25) is 0 Å². The van der Waals surface area contributed by atoms with Crippen LogP contribution in [-0.4, -0.2) is 42.2 Å². The van der Waals surface area contributed by atoms with E-state index in [1.165, 1.54) is 13.3 Å². The van der Waals surface area contributed by atoms with Crippen LogP contribution in [0.2, 0.25) is 0 Å². The van der Waals surface area contributed by atoms with E-state index >= 15 is 0 Å². The summed E-state index contributed by atoms with van der Waals surface area (Å²) in [6, 6.07) is 11.6. The molecule has 0 atom stereocenters. The zero-order chi connectivity index (χ0) is 20.8. The number of methoxy groups -OCH3 is 1. The minimum atomic E-state index is -0.679. The number of rotatable bonds is 7. The molecule has 150 valence electrons. The number of H-pyrrole nitrogens is 1. The number of aromatic nitrogens is 2. The number of hydrogen-bond donors (Lipinski definition) is 1. The third-order valence-corrected chi connectivity index (χ3v) is 3.97. The summed E-state index contributed by atoms with van der Waals surface area (Å²) in [6.07, 6.45) is 1.29. The summed E-state index contributed by atoms with van der Waals surface area (Å²) in [7, 11) is 1.45. The van der Waals surface area contributed by atoms with E-state index in [4.69, 9.17) is 14.2 Å². The second-order valence-electron chi connectivity index (χ2n) is 5.81. The molecular weight excluding hydrogens is 378 g/mol. The van der Waals surface area contributed by atoms with Crippen LogP contribution in [-0.2, 0) is 9.53 Å². The van der Waals surface area contributed by atoms with Crippen LogP contribution in [0.15, 0.2) is 57.2 Å². The second kappa shape index (κ2) is 8.87. The number of fused-ring (bicyclic) bond motifs is 1. The molecule has 0 saturated carbocycles. The normalized spacial score (nSPS) is 11.0. The molecule has 1 N–H and O–H groups in total. The van der Waals surface area contributed by atoms with Crippen LogP contribution in [0.1, 0.15) is 12.5 Å². The maximum absolute atomic E-state index is 12.6. The van der Waals surface area contributed by atoms with Gasteiger partial charge >= 0.3 is 11.7 Å². The van der Waals surface area contributed by atoms with E-state index in [0.717, 1.165) is 4.68 Å². The zero-order valence-electron chi connectivity index (χ0n) is 15.9. The van der Waals surface area contributed by atoms with Crippen molar-refractivity contribution in [3.05, 3.63) is 68.9 Å². The fourth-order valence-electron chi connectivity index (χ4n) is 2.66. The predicted molar refractivity (Wildman–Crippen MR) is 107 cm³/mol. The SMILES string of the molecule is CCOC(=O)COc1c(C=Nn2c(=O)[nH]c3ccccc3c2=O)cccc1OC. The number of nitrogens with one attached hydrogen (secondary N) is 1. The molecule has 0 fully saturated rings. The number of esters is 1. The maximum atomic E-state index is 12.6. The van der Waals surface area contributed by atoms with Gasteiger partial charge in [-0.25, -0.2) is 9.59 Å². The Morgan fingerprint density at radius 1 is 1.17 bits per heavy atom. The van der Waals surface area contributed by atoms with Gasteiger partial charge < -0.3 is 19.2 Å². The van der Waals surface area contributed by atoms with Gasteiger partial charge in [-0.1, -0.05) is 18.2 Å². The monoisotopic (exact) mass is 397 g/mol. The molecule has 9 heteroatoms. The molecule has 0 spiro atoms. The Balaban J connectivity index is 1.99. The highest BCUT2D eigenvalue weighted by atomic mass is 16.6. The number of carbonyl (C=O) groups is 1. The van der Waals surface area contributed by atoms with E-state index in [9.17, 15) is 14.4 Å². The third-order valence-electron chi connectivity index (χ3n) is 3.97. The van der Waals surface area contributed by atoms with Crippen molar-refractivity contribution >= 4 is 23.1 Å². The molecule has 0 aliphatic carbocycles. The van der Waals surface area contributed by atoms with Crippen LogP contribution in [0.25, 0.3) is 10.9 Å². The molecule has 3 aromatic rings. The summed E-state index contributed by atoms with van der Waals surface area (Å²) < 4.78 is 16.4. The quantitative estimate of drug-likeness (QED) is 0.478. The summed E-state index contributed by atoms with van der Waals surface area (Å²) in [5, 5.41) is 4.34. The van der Waals surface area contributed by atoms with Gasteiger partial charge in [0.05, 0.1) is 30.8 Å². The minimum absolute atomic E-state index is 0.232. The van der Waals surface area contributed by atoms with Crippen LogP contribution in [0.3, 0.4) is 0 Å². The van der Waals surface area contributed by atoms with Gasteiger partial charge in [0.25, 0.3) is 5.56 Å². The topological polar surface area (TPSA) is 112 Å². The molecule has 29 heavy (non-hydrogen) atoms. The zero-order valence-corrected chi connectivity index (χ0v) is 15.9. The van der Waals surface area contributed by atoms with Crippen molar-refractivity contribution < 1.29 is 19.0 Å². The van der Waals surface area contributed by atoms with E-state index in [-0.39, 0.29) is 19.0 Å². The second-order valence-corrected chi connectivity index (χ2v) is 5.81. The molecular formula is C20H19N3O6. The van der Waals surface area contributed by atoms with E-state index < -0.39 is 17.2 Å². The average molecular weight is 397 g/mol. The fourth-order valence-corrected chi connectivity index (χ4v) is 2.66. The molecule has 3 rings (SSSR count). The van der Waals surface area contributed by atoms with Crippen molar-refractivity contribution in [2.45, 2.75) is 6.92 Å². The van der Waals surface area contributed by atoms with Crippen molar-refractivity contribution in [1.29, 1.82) is 0 Å². The Morgan fingerprint density at radius 3 is 2.72 bits per heavy atom. The molecule has 2 aromatic carbocycles. The smallest absolute Gasteiger partial charge is 0.349 e. The molecule has 0 radical (unpaired) electrons. The van der Waals surface area contributed by atoms with E-state index in [2.05, 4.69) is 10.1 Å². The Labute approximate surface area is 165 Å². The number of carbonyl (C=O) groups excluding carboxylic acids is 1. The number of para-hydroxylation sites is 2. The Bertz CT molecular complexity index is 1180. The van der Waals surface area contributed by atoms with Gasteiger partial charge in [-0.15, -0.1) is 4.68 Å². The Kier molecular flexibility index (Phi) is 6.08. The molecule has 0 saturated heterocycles. The molecule has 0 aliphatic rings. The van der Waals surface area contributed by atoms with Crippen LogP contribution in [0.4, 0.5) is 0 Å². The van der Waals surface area contributed by atoms with Gasteiger partial charge in [0.15, 0.2) is 18.1 Å². The van der Waals surface area contributed by atoms with Gasteiger partial charge in [-0.3, -0.25) is 4.79 Å². The lowest BCUT2D eigenvalue weighted by Crippen LogP contribution is -2.32. The summed E-state index contributed by atoms with van der Waals surface area (Å²) in [6.45, 7) is 1.60. The van der Waals surface area contributed by atoms with Gasteiger partial charge in [-0.2, -0.15) is 5.10 Å². The predicted octanol–water partition coefficient (Wildman–Crippen LogP) is 1.52. The van der Waals surface area contributed by atoms with Crippen molar-refractivity contribution in [2.24, 2.45) is 5.10 Å². The first-order valence-electron chi connectivity index (χ1n) is 8.79. The van der Waals surface area contributed by atoms with Crippen molar-refractivity contribution in [3.8, 4) is 11.5 Å². The van der Waals surface area contributed by atoms with Crippen LogP contribution >= 0.6 is 0 Å². The number of benzene rings is 2. The highest BCUT2D eigenvalue weighted by molar-refractivity contribution is 5.85. The van der Waals surface area contributed by atoms with Crippen LogP contribution in [0.5, 0.6) is 11.5 Å². The van der Waals surface area contributed by atoms with Gasteiger partial charge in [0, 0.05) is 5.56 Å². The number of aromatic amines is 1. The maximum Gasteiger partial charge on any atom is 0.349 e. The molecule has 0 unspecified atom stereocenters. The van der Waals surface area contributed by atoms with E-state index in [0.29, 0.717) is 22.2 Å². The van der Waals surface area contributed by atoms with Crippen LogP contribution in [0, 0.1) is 0 Å².